The number of nitrogens with one attached hydrogen (secondary N) is 2. The van der Waals surface area contributed by atoms with Gasteiger partial charge in [0, 0.05) is 18.7 Å². The summed E-state index contributed by atoms with van der Waals surface area (Å²) in [5, 5.41) is 5.63. The second-order valence-electron chi connectivity index (χ2n) is 7.25. The van der Waals surface area contributed by atoms with Gasteiger partial charge in [-0.2, -0.15) is 0 Å². The molecule has 2 aromatic carbocycles. The van der Waals surface area contributed by atoms with Crippen molar-refractivity contribution < 1.29 is 18.0 Å². The third-order valence-electron chi connectivity index (χ3n) is 4.98. The monoisotopic (exact) mass is 429 g/mol. The van der Waals surface area contributed by atoms with Gasteiger partial charge in [-0.05, 0) is 49.6 Å². The summed E-state index contributed by atoms with van der Waals surface area (Å²) in [6.45, 7) is 3.03. The number of hydrogen-bond donors (Lipinski definition) is 2. The fourth-order valence-electron chi connectivity index (χ4n) is 3.34. The average Bonchev–Trinajstić information content (AvgIpc) is 2.74. The molecule has 7 nitrogen and oxygen atoms in total. The van der Waals surface area contributed by atoms with Crippen LogP contribution in [0.25, 0.3) is 0 Å². The molecule has 160 valence electrons. The fourth-order valence-corrected chi connectivity index (χ4v) is 4.97. The Labute approximate surface area is 177 Å². The summed E-state index contributed by atoms with van der Waals surface area (Å²) in [6.07, 6.45) is 3.29. The molecule has 2 amide bonds. The predicted octanol–water partition coefficient (Wildman–Crippen LogP) is 3.40. The molecule has 2 N–H and O–H groups in total. The summed E-state index contributed by atoms with van der Waals surface area (Å²) in [5.41, 5.74) is 1.60. The van der Waals surface area contributed by atoms with Crippen molar-refractivity contribution in [2.45, 2.75) is 32.6 Å². The van der Waals surface area contributed by atoms with Crippen LogP contribution in [0.3, 0.4) is 0 Å². The lowest BCUT2D eigenvalue weighted by molar-refractivity contribution is 0.0954. The number of unbranched alkanes of at least 4 members (excludes halogenated alkanes) is 1. The number of benzene rings is 2. The predicted molar refractivity (Wildman–Crippen MR) is 118 cm³/mol. The van der Waals surface area contributed by atoms with E-state index in [9.17, 15) is 18.0 Å². The van der Waals surface area contributed by atoms with E-state index in [1.165, 1.54) is 4.31 Å². The molecule has 1 aliphatic heterocycles. The molecule has 1 heterocycles. The first-order valence-electron chi connectivity index (χ1n) is 10.2. The number of rotatable bonds is 7. The van der Waals surface area contributed by atoms with Crippen molar-refractivity contribution in [3.05, 3.63) is 59.7 Å². The zero-order chi connectivity index (χ0) is 21.6. The molecule has 2 aromatic rings. The third-order valence-corrected chi connectivity index (χ3v) is 6.85. The van der Waals surface area contributed by atoms with Crippen molar-refractivity contribution in [1.29, 1.82) is 0 Å². The quantitative estimate of drug-likeness (QED) is 0.660. The van der Waals surface area contributed by atoms with Crippen LogP contribution >= 0.6 is 0 Å². The number of sulfonamides is 1. The highest BCUT2D eigenvalue weighted by molar-refractivity contribution is 7.92. The molecular weight excluding hydrogens is 402 g/mol. The lowest BCUT2D eigenvalue weighted by atomic mass is 10.1. The lowest BCUT2D eigenvalue weighted by Crippen LogP contribution is -2.37. The minimum atomic E-state index is -3.36. The maximum atomic E-state index is 12.8. The van der Waals surface area contributed by atoms with Crippen molar-refractivity contribution in [3.8, 4) is 0 Å². The summed E-state index contributed by atoms with van der Waals surface area (Å²) in [7, 11) is -3.36. The highest BCUT2D eigenvalue weighted by atomic mass is 32.2. The van der Waals surface area contributed by atoms with Gasteiger partial charge in [-0.1, -0.05) is 31.5 Å². The molecule has 0 unspecified atom stereocenters. The zero-order valence-corrected chi connectivity index (χ0v) is 17.9. The summed E-state index contributed by atoms with van der Waals surface area (Å²) in [5.74, 6) is -0.531. The Balaban J connectivity index is 1.78. The van der Waals surface area contributed by atoms with Gasteiger partial charge in [0.25, 0.3) is 11.8 Å². The van der Waals surface area contributed by atoms with E-state index in [4.69, 9.17) is 0 Å². The van der Waals surface area contributed by atoms with Gasteiger partial charge in [-0.3, -0.25) is 13.9 Å². The molecule has 3 rings (SSSR count). The van der Waals surface area contributed by atoms with E-state index in [-0.39, 0.29) is 11.7 Å². The number of hydrogen-bond acceptors (Lipinski definition) is 4. The molecule has 0 atom stereocenters. The van der Waals surface area contributed by atoms with E-state index < -0.39 is 15.9 Å². The Hall–Kier alpha value is -2.87. The average molecular weight is 430 g/mol. The van der Waals surface area contributed by atoms with Crippen LogP contribution in [0.4, 0.5) is 11.4 Å². The number of carbonyl (C=O) groups excluding carboxylic acids is 2. The Bertz CT molecular complexity index is 1020. The first-order valence-corrected chi connectivity index (χ1v) is 11.8. The van der Waals surface area contributed by atoms with E-state index in [1.54, 1.807) is 48.5 Å². The van der Waals surface area contributed by atoms with Crippen molar-refractivity contribution in [2.24, 2.45) is 0 Å². The number of carbonyl (C=O) groups is 2. The summed E-state index contributed by atoms with van der Waals surface area (Å²) >= 11 is 0. The van der Waals surface area contributed by atoms with Crippen molar-refractivity contribution in [3.63, 3.8) is 0 Å². The molecule has 1 saturated heterocycles. The van der Waals surface area contributed by atoms with Gasteiger partial charge in [0.1, 0.15) is 0 Å². The first-order chi connectivity index (χ1) is 14.4. The van der Waals surface area contributed by atoms with Gasteiger partial charge in [0.05, 0.1) is 22.7 Å². The van der Waals surface area contributed by atoms with Gasteiger partial charge in [-0.15, -0.1) is 0 Å². The van der Waals surface area contributed by atoms with Crippen LogP contribution in [0.1, 0.15) is 53.3 Å². The van der Waals surface area contributed by atoms with Gasteiger partial charge in [-0.25, -0.2) is 8.42 Å². The van der Waals surface area contributed by atoms with E-state index >= 15 is 0 Å². The van der Waals surface area contributed by atoms with E-state index in [2.05, 4.69) is 10.6 Å². The summed E-state index contributed by atoms with van der Waals surface area (Å²) in [4.78, 5) is 25.3. The van der Waals surface area contributed by atoms with Crippen molar-refractivity contribution in [2.75, 3.05) is 28.5 Å². The minimum absolute atomic E-state index is 0.115. The smallest absolute Gasteiger partial charge is 0.255 e. The molecule has 0 aliphatic carbocycles. The summed E-state index contributed by atoms with van der Waals surface area (Å²) < 4.78 is 26.1. The second-order valence-corrected chi connectivity index (χ2v) is 9.27. The van der Waals surface area contributed by atoms with E-state index in [1.807, 2.05) is 6.92 Å². The largest absolute Gasteiger partial charge is 0.352 e. The Kier molecular flexibility index (Phi) is 7.10. The summed E-state index contributed by atoms with van der Waals surface area (Å²) in [6, 6.07) is 13.4. The Morgan fingerprint density at radius 2 is 1.83 bits per heavy atom. The molecular formula is C22H27N3O4S. The molecule has 1 fully saturated rings. The molecule has 0 radical (unpaired) electrons. The van der Waals surface area contributed by atoms with Gasteiger partial charge in [0.15, 0.2) is 0 Å². The number of para-hydroxylation sites is 1. The molecule has 0 aromatic heterocycles. The molecule has 8 heteroatoms. The van der Waals surface area contributed by atoms with Crippen LogP contribution < -0.4 is 14.9 Å². The SMILES string of the molecule is CCCCNC(=O)c1ccccc1NC(=O)c1cccc(N2CCCCS2(=O)=O)c1. The minimum Gasteiger partial charge on any atom is -0.352 e. The van der Waals surface area contributed by atoms with Crippen LogP contribution in [0.2, 0.25) is 0 Å². The Morgan fingerprint density at radius 3 is 2.60 bits per heavy atom. The highest BCUT2D eigenvalue weighted by Crippen LogP contribution is 2.25. The molecule has 30 heavy (non-hydrogen) atoms. The number of nitrogens with zero attached hydrogens (tertiary/aromatic N) is 1. The lowest BCUT2D eigenvalue weighted by Gasteiger charge is -2.28. The van der Waals surface area contributed by atoms with Gasteiger partial charge < -0.3 is 10.6 Å². The standard InChI is InChI=1S/C22H27N3O4S/c1-2-3-13-23-22(27)19-11-4-5-12-20(19)24-21(26)17-9-8-10-18(16-17)25-14-6-7-15-30(25,28)29/h4-5,8-12,16H,2-3,6-7,13-15H2,1H3,(H,23,27)(H,24,26). The van der Waals surface area contributed by atoms with Crippen LogP contribution in [-0.4, -0.2) is 39.1 Å². The maximum Gasteiger partial charge on any atom is 0.255 e. The highest BCUT2D eigenvalue weighted by Gasteiger charge is 2.26. The van der Waals surface area contributed by atoms with Crippen molar-refractivity contribution in [1.82, 2.24) is 5.32 Å². The Morgan fingerprint density at radius 1 is 1.03 bits per heavy atom. The van der Waals surface area contributed by atoms with E-state index in [0.29, 0.717) is 42.0 Å². The topological polar surface area (TPSA) is 95.6 Å². The van der Waals surface area contributed by atoms with Gasteiger partial charge >= 0.3 is 0 Å². The van der Waals surface area contributed by atoms with Crippen LogP contribution in [-0.2, 0) is 10.0 Å². The first kappa shape index (κ1) is 21.8. The second kappa shape index (κ2) is 9.75. The molecule has 0 bridgehead atoms. The maximum absolute atomic E-state index is 12.8. The van der Waals surface area contributed by atoms with Gasteiger partial charge in [0.2, 0.25) is 10.0 Å². The third kappa shape index (κ3) is 5.18. The number of anilines is 2. The normalized spacial score (nSPS) is 15.4. The fraction of sp³-hybridized carbons (Fsp3) is 0.364. The zero-order valence-electron chi connectivity index (χ0n) is 17.1. The molecule has 1 aliphatic rings. The molecule has 0 spiro atoms. The van der Waals surface area contributed by atoms with Crippen LogP contribution in [0.15, 0.2) is 48.5 Å². The number of amides is 2. The van der Waals surface area contributed by atoms with E-state index in [0.717, 1.165) is 19.3 Å². The van der Waals surface area contributed by atoms with Crippen molar-refractivity contribution >= 4 is 33.2 Å². The van der Waals surface area contributed by atoms with Crippen LogP contribution in [0.5, 0.6) is 0 Å². The molecule has 0 saturated carbocycles. The van der Waals surface area contributed by atoms with Crippen LogP contribution in [0, 0.1) is 0 Å².